The Bertz CT molecular complexity index is 323. The minimum absolute atomic E-state index is 0.561. The highest BCUT2D eigenvalue weighted by molar-refractivity contribution is 5.19. The predicted molar refractivity (Wildman–Crippen MR) is 77.8 cm³/mol. The molecule has 0 bridgehead atoms. The molecule has 0 radical (unpaired) electrons. The molecule has 0 spiro atoms. The lowest BCUT2D eigenvalue weighted by Crippen LogP contribution is -2.33. The van der Waals surface area contributed by atoms with Crippen molar-refractivity contribution in [3.63, 3.8) is 0 Å². The molecule has 2 nitrogen and oxygen atoms in total. The maximum Gasteiger partial charge on any atom is 0.0472 e. The highest BCUT2D eigenvalue weighted by Crippen LogP contribution is 2.22. The van der Waals surface area contributed by atoms with Crippen molar-refractivity contribution < 1.29 is 0 Å². The third-order valence-electron chi connectivity index (χ3n) is 3.81. The summed E-state index contributed by atoms with van der Waals surface area (Å²) in [4.78, 5) is 2.67. The first-order chi connectivity index (χ1) is 8.92. The summed E-state index contributed by atoms with van der Waals surface area (Å²) in [5.41, 5.74) is 1.46. The molecular weight excluding hydrogens is 220 g/mol. The predicted octanol–water partition coefficient (Wildman–Crippen LogP) is 3.21. The molecule has 2 rings (SSSR count). The summed E-state index contributed by atoms with van der Waals surface area (Å²) >= 11 is 0. The van der Waals surface area contributed by atoms with Crippen molar-refractivity contribution in [3.8, 4) is 0 Å². The van der Waals surface area contributed by atoms with E-state index in [2.05, 4.69) is 47.5 Å². The molecule has 2 heteroatoms. The molecule has 1 aromatic carbocycles. The van der Waals surface area contributed by atoms with Crippen molar-refractivity contribution in [3.05, 3.63) is 35.9 Å². The Morgan fingerprint density at radius 2 is 2.06 bits per heavy atom. The van der Waals surface area contributed by atoms with E-state index in [4.69, 9.17) is 0 Å². The Balaban J connectivity index is 2.02. The van der Waals surface area contributed by atoms with Crippen LogP contribution in [-0.4, -0.2) is 31.1 Å². The molecule has 0 amide bonds. The summed E-state index contributed by atoms with van der Waals surface area (Å²) in [6, 6.07) is 11.5. The van der Waals surface area contributed by atoms with E-state index in [1.807, 2.05) is 0 Å². The zero-order valence-corrected chi connectivity index (χ0v) is 11.6. The van der Waals surface area contributed by atoms with E-state index in [1.54, 1.807) is 0 Å². The van der Waals surface area contributed by atoms with Crippen LogP contribution in [0.15, 0.2) is 30.3 Å². The van der Waals surface area contributed by atoms with Crippen molar-refractivity contribution in [2.45, 2.75) is 38.6 Å². The van der Waals surface area contributed by atoms with E-state index in [9.17, 15) is 0 Å². The first-order valence-corrected chi connectivity index (χ1v) is 7.41. The summed E-state index contributed by atoms with van der Waals surface area (Å²) in [6.07, 6.45) is 5.27. The second kappa shape index (κ2) is 7.55. The fourth-order valence-electron chi connectivity index (χ4n) is 2.77. The second-order valence-corrected chi connectivity index (χ2v) is 5.23. The summed E-state index contributed by atoms with van der Waals surface area (Å²) in [5, 5.41) is 3.57. The van der Waals surface area contributed by atoms with E-state index in [0.717, 1.165) is 13.1 Å². The Morgan fingerprint density at radius 3 is 2.83 bits per heavy atom. The molecule has 0 saturated carbocycles. The summed E-state index contributed by atoms with van der Waals surface area (Å²) < 4.78 is 0. The Kier molecular flexibility index (Phi) is 5.69. The van der Waals surface area contributed by atoms with Gasteiger partial charge < -0.3 is 5.32 Å². The first-order valence-electron chi connectivity index (χ1n) is 7.41. The maximum absolute atomic E-state index is 3.57. The van der Waals surface area contributed by atoms with Crippen LogP contribution in [0.1, 0.15) is 44.2 Å². The minimum Gasteiger partial charge on any atom is -0.315 e. The molecule has 1 N–H and O–H groups in total. The van der Waals surface area contributed by atoms with Crippen molar-refractivity contribution >= 4 is 0 Å². The lowest BCUT2D eigenvalue weighted by Gasteiger charge is -2.30. The molecule has 100 valence electrons. The van der Waals surface area contributed by atoms with Crippen LogP contribution in [0.5, 0.6) is 0 Å². The van der Waals surface area contributed by atoms with Gasteiger partial charge in [-0.25, -0.2) is 0 Å². The lowest BCUT2D eigenvalue weighted by molar-refractivity contribution is 0.206. The minimum atomic E-state index is 0.561. The fourth-order valence-corrected chi connectivity index (χ4v) is 2.77. The molecule has 1 fully saturated rings. The van der Waals surface area contributed by atoms with Crippen LogP contribution in [-0.2, 0) is 0 Å². The second-order valence-electron chi connectivity index (χ2n) is 5.23. The fraction of sp³-hybridized carbons (Fsp3) is 0.625. The molecule has 1 aromatic rings. The summed E-state index contributed by atoms with van der Waals surface area (Å²) in [5.74, 6) is 0. The molecule has 1 saturated heterocycles. The molecule has 1 heterocycles. The topological polar surface area (TPSA) is 15.3 Å². The highest BCUT2D eigenvalue weighted by Gasteiger charge is 2.21. The number of nitrogens with one attached hydrogen (secondary N) is 1. The Labute approximate surface area is 111 Å². The van der Waals surface area contributed by atoms with Gasteiger partial charge in [0, 0.05) is 19.1 Å². The monoisotopic (exact) mass is 246 g/mol. The molecule has 1 aliphatic rings. The molecule has 18 heavy (non-hydrogen) atoms. The normalized spacial score (nSPS) is 21.7. The summed E-state index contributed by atoms with van der Waals surface area (Å²) in [7, 11) is 0. The molecule has 1 atom stereocenters. The van der Waals surface area contributed by atoms with Gasteiger partial charge >= 0.3 is 0 Å². The number of rotatable bonds is 5. The molecular formula is C16H26N2. The van der Waals surface area contributed by atoms with Crippen molar-refractivity contribution in [1.82, 2.24) is 10.2 Å². The molecule has 1 aliphatic heterocycles. The average molecular weight is 246 g/mol. The maximum atomic E-state index is 3.57. The smallest absolute Gasteiger partial charge is 0.0472 e. The Morgan fingerprint density at radius 1 is 1.22 bits per heavy atom. The van der Waals surface area contributed by atoms with Crippen LogP contribution in [0.3, 0.4) is 0 Å². The third-order valence-corrected chi connectivity index (χ3v) is 3.81. The van der Waals surface area contributed by atoms with E-state index in [0.29, 0.717) is 6.04 Å². The lowest BCUT2D eigenvalue weighted by atomic mass is 10.0. The van der Waals surface area contributed by atoms with Gasteiger partial charge in [0.2, 0.25) is 0 Å². The SMILES string of the molecule is CCCCCN1CCCNCC1c1ccccc1. The number of hydrogen-bond acceptors (Lipinski definition) is 2. The quantitative estimate of drug-likeness (QED) is 0.803. The van der Waals surface area contributed by atoms with Crippen LogP contribution in [0.4, 0.5) is 0 Å². The van der Waals surface area contributed by atoms with Gasteiger partial charge in [0.15, 0.2) is 0 Å². The number of benzene rings is 1. The van der Waals surface area contributed by atoms with Crippen LogP contribution in [0, 0.1) is 0 Å². The van der Waals surface area contributed by atoms with E-state index >= 15 is 0 Å². The number of unbranched alkanes of at least 4 members (excludes halogenated alkanes) is 2. The van der Waals surface area contributed by atoms with Crippen LogP contribution in [0.25, 0.3) is 0 Å². The van der Waals surface area contributed by atoms with Gasteiger partial charge in [-0.05, 0) is 31.5 Å². The van der Waals surface area contributed by atoms with Crippen molar-refractivity contribution in [2.75, 3.05) is 26.2 Å². The molecule has 0 aliphatic carbocycles. The van der Waals surface area contributed by atoms with Gasteiger partial charge in [0.25, 0.3) is 0 Å². The highest BCUT2D eigenvalue weighted by atomic mass is 15.2. The van der Waals surface area contributed by atoms with Gasteiger partial charge in [-0.3, -0.25) is 4.90 Å². The number of nitrogens with zero attached hydrogens (tertiary/aromatic N) is 1. The van der Waals surface area contributed by atoms with Gasteiger partial charge in [-0.1, -0.05) is 50.1 Å². The first kappa shape index (κ1) is 13.6. The zero-order valence-electron chi connectivity index (χ0n) is 11.6. The van der Waals surface area contributed by atoms with Crippen LogP contribution in [0.2, 0.25) is 0 Å². The zero-order chi connectivity index (χ0) is 12.6. The third kappa shape index (κ3) is 3.82. The standard InChI is InChI=1S/C16H26N2/c1-2-3-7-12-18-13-8-11-17-14-16(18)15-9-5-4-6-10-15/h4-6,9-10,16-17H,2-3,7-8,11-14H2,1H3. The number of hydrogen-bond donors (Lipinski definition) is 1. The van der Waals surface area contributed by atoms with Crippen LogP contribution >= 0.6 is 0 Å². The van der Waals surface area contributed by atoms with Gasteiger partial charge in [-0.2, -0.15) is 0 Å². The van der Waals surface area contributed by atoms with Gasteiger partial charge in [-0.15, -0.1) is 0 Å². The molecule has 0 aromatic heterocycles. The van der Waals surface area contributed by atoms with E-state index in [-0.39, 0.29) is 0 Å². The van der Waals surface area contributed by atoms with Gasteiger partial charge in [0.05, 0.1) is 0 Å². The van der Waals surface area contributed by atoms with Crippen molar-refractivity contribution in [1.29, 1.82) is 0 Å². The van der Waals surface area contributed by atoms with Crippen LogP contribution < -0.4 is 5.32 Å². The van der Waals surface area contributed by atoms with Gasteiger partial charge in [0.1, 0.15) is 0 Å². The largest absolute Gasteiger partial charge is 0.315 e. The van der Waals surface area contributed by atoms with E-state index < -0.39 is 0 Å². The summed E-state index contributed by atoms with van der Waals surface area (Å²) in [6.45, 7) is 7.01. The van der Waals surface area contributed by atoms with Crippen molar-refractivity contribution in [2.24, 2.45) is 0 Å². The average Bonchev–Trinajstić information content (AvgIpc) is 2.66. The molecule has 1 unspecified atom stereocenters. The Hall–Kier alpha value is -0.860. The van der Waals surface area contributed by atoms with E-state index in [1.165, 1.54) is 44.3 Å².